The smallest absolute Gasteiger partial charge is 0.296 e. The highest BCUT2D eigenvalue weighted by atomic mass is 79.9. The fourth-order valence-corrected chi connectivity index (χ4v) is 3.42. The first-order valence-corrected chi connectivity index (χ1v) is 8.96. The lowest BCUT2D eigenvalue weighted by Crippen LogP contribution is -2.70. The van der Waals surface area contributed by atoms with Crippen LogP contribution >= 0.6 is 27.3 Å². The van der Waals surface area contributed by atoms with E-state index in [1.807, 2.05) is 0 Å². The third kappa shape index (κ3) is 3.82. The Morgan fingerprint density at radius 3 is 2.00 bits per heavy atom. The number of rotatable bonds is 7. The van der Waals surface area contributed by atoms with Crippen molar-refractivity contribution in [2.24, 2.45) is 0 Å². The SMILES string of the molecule is O=C(Nc1nc2ccc(Br)cc2s1)C(F)(F)C(F)(F)C(F)(F)C(F)(F)C(F)(F)C(F)F. The third-order valence-electron chi connectivity index (χ3n) is 3.73. The van der Waals surface area contributed by atoms with Gasteiger partial charge < -0.3 is 0 Å². The van der Waals surface area contributed by atoms with Crippen LogP contribution in [0.25, 0.3) is 10.2 Å². The maximum Gasteiger partial charge on any atom is 0.393 e. The van der Waals surface area contributed by atoms with Crippen molar-refractivity contribution in [3.05, 3.63) is 22.7 Å². The number of nitrogens with one attached hydrogen (secondary N) is 1. The molecule has 0 bridgehead atoms. The van der Waals surface area contributed by atoms with Gasteiger partial charge in [0, 0.05) is 4.47 Å². The molecule has 0 atom stereocenters. The summed E-state index contributed by atoms with van der Waals surface area (Å²) >= 11 is 3.40. The van der Waals surface area contributed by atoms with Gasteiger partial charge in [-0.3, -0.25) is 10.1 Å². The first-order valence-electron chi connectivity index (χ1n) is 7.35. The molecule has 31 heavy (non-hydrogen) atoms. The lowest BCUT2D eigenvalue weighted by atomic mass is 9.94. The normalized spacial score (nSPS) is 14.4. The van der Waals surface area contributed by atoms with Crippen molar-refractivity contribution in [1.82, 2.24) is 4.98 Å². The van der Waals surface area contributed by atoms with Crippen LogP contribution in [-0.2, 0) is 4.79 Å². The van der Waals surface area contributed by atoms with E-state index in [0.29, 0.717) is 15.8 Å². The van der Waals surface area contributed by atoms with Crippen LogP contribution in [0.5, 0.6) is 0 Å². The van der Waals surface area contributed by atoms with E-state index in [1.54, 1.807) is 0 Å². The summed E-state index contributed by atoms with van der Waals surface area (Å²) in [6.07, 6.45) is -5.62. The molecular weight excluding hydrogens is 552 g/mol. The van der Waals surface area contributed by atoms with Gasteiger partial charge in [0.1, 0.15) is 0 Å². The minimum absolute atomic E-state index is 0.0204. The molecule has 0 unspecified atom stereocenters. The highest BCUT2D eigenvalue weighted by Gasteiger charge is 2.89. The summed E-state index contributed by atoms with van der Waals surface area (Å²) in [7, 11) is 0. The maximum absolute atomic E-state index is 13.8. The molecule has 1 aromatic heterocycles. The number of carbonyl (C=O) groups excluding carboxylic acids is 1. The van der Waals surface area contributed by atoms with Crippen LogP contribution in [0, 0.1) is 0 Å². The van der Waals surface area contributed by atoms with E-state index in [1.165, 1.54) is 18.2 Å². The van der Waals surface area contributed by atoms with E-state index in [-0.39, 0.29) is 10.2 Å². The highest BCUT2D eigenvalue weighted by Crippen LogP contribution is 2.58. The van der Waals surface area contributed by atoms with E-state index < -0.39 is 47.1 Å². The molecule has 174 valence electrons. The average Bonchev–Trinajstić information content (AvgIpc) is 3.01. The van der Waals surface area contributed by atoms with E-state index in [0.717, 1.165) is 5.32 Å². The number of aromatic nitrogens is 1. The molecule has 0 fully saturated rings. The Kier molecular flexibility index (Phi) is 6.30. The summed E-state index contributed by atoms with van der Waals surface area (Å²) < 4.78 is 158. The van der Waals surface area contributed by atoms with Crippen molar-refractivity contribution in [2.75, 3.05) is 5.32 Å². The van der Waals surface area contributed by atoms with Crippen molar-refractivity contribution >= 4 is 48.5 Å². The Morgan fingerprint density at radius 2 is 1.48 bits per heavy atom. The molecule has 0 radical (unpaired) electrons. The van der Waals surface area contributed by atoms with Crippen LogP contribution in [-0.4, -0.2) is 46.9 Å². The van der Waals surface area contributed by atoms with Gasteiger partial charge in [0.15, 0.2) is 5.13 Å². The molecule has 0 spiro atoms. The fraction of sp³-hybridized carbons (Fsp3) is 0.429. The maximum atomic E-state index is 13.8. The van der Waals surface area contributed by atoms with Crippen molar-refractivity contribution < 1.29 is 57.5 Å². The number of amides is 1. The molecule has 1 aromatic carbocycles. The number of thiazole rings is 1. The molecule has 0 aliphatic heterocycles. The Hall–Kier alpha value is -1.78. The summed E-state index contributed by atoms with van der Waals surface area (Å²) in [5.41, 5.74) is 0.0204. The molecule has 17 heteroatoms. The largest absolute Gasteiger partial charge is 0.393 e. The number of benzene rings is 1. The van der Waals surface area contributed by atoms with Gasteiger partial charge in [-0.1, -0.05) is 27.3 Å². The second-order valence-corrected chi connectivity index (χ2v) is 7.75. The molecule has 1 amide bonds. The summed E-state index contributed by atoms with van der Waals surface area (Å²) in [5.74, 6) is -40.2. The van der Waals surface area contributed by atoms with Crippen LogP contribution in [0.2, 0.25) is 0 Å². The molecule has 3 nitrogen and oxygen atoms in total. The van der Waals surface area contributed by atoms with Crippen LogP contribution in [0.4, 0.5) is 57.8 Å². The zero-order valence-electron chi connectivity index (χ0n) is 14.0. The number of hydrogen-bond acceptors (Lipinski definition) is 3. The fourth-order valence-electron chi connectivity index (χ4n) is 2.01. The highest BCUT2D eigenvalue weighted by molar-refractivity contribution is 9.10. The first-order chi connectivity index (χ1) is 13.8. The summed E-state index contributed by atoms with van der Waals surface area (Å²) in [4.78, 5) is 15.0. The molecule has 1 heterocycles. The minimum Gasteiger partial charge on any atom is -0.296 e. The van der Waals surface area contributed by atoms with Gasteiger partial charge in [-0.2, -0.15) is 43.9 Å². The molecule has 0 saturated heterocycles. The second-order valence-electron chi connectivity index (χ2n) is 5.81. The number of anilines is 1. The molecule has 2 aromatic rings. The van der Waals surface area contributed by atoms with Gasteiger partial charge in [0.25, 0.3) is 0 Å². The minimum atomic E-state index is -7.78. The number of alkyl halides is 12. The lowest BCUT2D eigenvalue weighted by Gasteiger charge is -2.38. The molecule has 0 aliphatic carbocycles. The van der Waals surface area contributed by atoms with E-state index in [9.17, 15) is 57.5 Å². The lowest BCUT2D eigenvalue weighted by molar-refractivity contribution is -0.406. The van der Waals surface area contributed by atoms with Crippen molar-refractivity contribution in [2.45, 2.75) is 36.0 Å². The van der Waals surface area contributed by atoms with Gasteiger partial charge >= 0.3 is 41.9 Å². The zero-order chi connectivity index (χ0) is 24.2. The van der Waals surface area contributed by atoms with Crippen molar-refractivity contribution in [1.29, 1.82) is 0 Å². The number of hydrogen-bond donors (Lipinski definition) is 1. The zero-order valence-corrected chi connectivity index (χ0v) is 16.4. The predicted molar refractivity (Wildman–Crippen MR) is 86.7 cm³/mol. The van der Waals surface area contributed by atoms with Gasteiger partial charge in [-0.05, 0) is 18.2 Å². The molecular formula is C14H5BrF12N2OS. The van der Waals surface area contributed by atoms with E-state index >= 15 is 0 Å². The van der Waals surface area contributed by atoms with Gasteiger partial charge in [0.05, 0.1) is 10.2 Å². The summed E-state index contributed by atoms with van der Waals surface area (Å²) in [6, 6.07) is 3.98. The molecule has 0 saturated carbocycles. The van der Waals surface area contributed by atoms with Crippen LogP contribution in [0.3, 0.4) is 0 Å². The van der Waals surface area contributed by atoms with Gasteiger partial charge in [-0.25, -0.2) is 13.8 Å². The Bertz CT molecular complexity index is 993. The second kappa shape index (κ2) is 7.67. The third-order valence-corrected chi connectivity index (χ3v) is 5.16. The number of halogens is 13. The molecule has 1 N–H and O–H groups in total. The topological polar surface area (TPSA) is 42.0 Å². The Morgan fingerprint density at radius 1 is 0.935 bits per heavy atom. The van der Waals surface area contributed by atoms with Gasteiger partial charge in [0.2, 0.25) is 0 Å². The van der Waals surface area contributed by atoms with Crippen molar-refractivity contribution in [3.63, 3.8) is 0 Å². The summed E-state index contributed by atoms with van der Waals surface area (Å²) in [6.45, 7) is 0. The number of fused-ring (bicyclic) bond motifs is 1. The number of nitrogens with zero attached hydrogens (tertiary/aromatic N) is 1. The van der Waals surface area contributed by atoms with Crippen molar-refractivity contribution in [3.8, 4) is 0 Å². The van der Waals surface area contributed by atoms with Crippen LogP contribution < -0.4 is 5.32 Å². The van der Waals surface area contributed by atoms with Crippen LogP contribution in [0.15, 0.2) is 22.7 Å². The molecule has 2 rings (SSSR count). The molecule has 0 aliphatic rings. The monoisotopic (exact) mass is 556 g/mol. The number of carbonyl (C=O) groups is 1. The predicted octanol–water partition coefficient (Wildman–Crippen LogP) is 6.44. The average molecular weight is 557 g/mol. The van der Waals surface area contributed by atoms with Crippen LogP contribution in [0.1, 0.15) is 0 Å². The summed E-state index contributed by atoms with van der Waals surface area (Å²) in [5, 5.41) is 0.132. The Balaban J connectivity index is 2.41. The quantitative estimate of drug-likeness (QED) is 0.399. The first kappa shape index (κ1) is 25.5. The van der Waals surface area contributed by atoms with Gasteiger partial charge in [-0.15, -0.1) is 0 Å². The van der Waals surface area contributed by atoms with E-state index in [4.69, 9.17) is 0 Å². The Labute approximate surface area is 175 Å². The standard InChI is InChI=1S/C14H5BrF12N2OS/c15-4-1-2-5-6(3-4)31-9(28-5)29-8(30)11(20,21)13(24,25)14(26,27)12(22,23)10(18,19)7(16)17/h1-3,7H,(H,28,29,30). The van der Waals surface area contributed by atoms with E-state index in [2.05, 4.69) is 20.9 Å².